The number of benzene rings is 2. The maximum Gasteiger partial charge on any atom is 0.251 e. The first-order valence-corrected chi connectivity index (χ1v) is 9.47. The molecular weight excluding hydrogens is 340 g/mol. The fraction of sp³-hybridized carbons (Fsp3) is 0.409. The number of carbonyl (C=O) groups excluding carboxylic acids is 1. The standard InChI is InChI=1S/C22H28N2O3/c1-24(2)21(17-7-4-3-5-8-17)15-23-22(25)18-10-12-19(13-11-18)27-16-20-9-6-14-26-20/h3-5,7-8,10-13,20-21H,6,9,14-16H2,1-2H3,(H,23,25)/t20-,21+/m1/s1. The SMILES string of the molecule is CN(C)[C@@H](CNC(=O)c1ccc(OC[C@H]2CCCO2)cc1)c1ccccc1. The van der Waals surface area contributed by atoms with E-state index in [2.05, 4.69) is 22.3 Å². The molecule has 0 aromatic heterocycles. The number of hydrogen-bond donors (Lipinski definition) is 1. The molecule has 0 radical (unpaired) electrons. The van der Waals surface area contributed by atoms with Gasteiger partial charge in [0.15, 0.2) is 0 Å². The molecule has 27 heavy (non-hydrogen) atoms. The molecule has 2 aromatic rings. The molecule has 5 nitrogen and oxygen atoms in total. The van der Waals surface area contributed by atoms with E-state index in [4.69, 9.17) is 9.47 Å². The summed E-state index contributed by atoms with van der Waals surface area (Å²) in [5.41, 5.74) is 1.81. The molecule has 3 rings (SSSR count). The first-order chi connectivity index (χ1) is 13.1. The number of carbonyl (C=O) groups is 1. The van der Waals surface area contributed by atoms with Gasteiger partial charge in [0.2, 0.25) is 0 Å². The predicted molar refractivity (Wildman–Crippen MR) is 106 cm³/mol. The number of hydrogen-bond acceptors (Lipinski definition) is 4. The molecule has 1 aliphatic heterocycles. The Balaban J connectivity index is 1.52. The summed E-state index contributed by atoms with van der Waals surface area (Å²) in [5, 5.41) is 3.03. The highest BCUT2D eigenvalue weighted by atomic mass is 16.5. The van der Waals surface area contributed by atoms with Crippen LogP contribution in [0.4, 0.5) is 0 Å². The van der Waals surface area contributed by atoms with Gasteiger partial charge in [-0.3, -0.25) is 4.79 Å². The van der Waals surface area contributed by atoms with Crippen LogP contribution < -0.4 is 10.1 Å². The van der Waals surface area contributed by atoms with Gasteiger partial charge in [0, 0.05) is 18.7 Å². The molecule has 1 fully saturated rings. The Kier molecular flexibility index (Phi) is 6.85. The molecule has 0 unspecified atom stereocenters. The molecule has 1 N–H and O–H groups in total. The second-order valence-corrected chi connectivity index (χ2v) is 7.07. The van der Waals surface area contributed by atoms with Gasteiger partial charge >= 0.3 is 0 Å². The summed E-state index contributed by atoms with van der Waals surface area (Å²) < 4.78 is 11.3. The Morgan fingerprint density at radius 2 is 1.93 bits per heavy atom. The van der Waals surface area contributed by atoms with Gasteiger partial charge in [-0.2, -0.15) is 0 Å². The number of amides is 1. The zero-order valence-corrected chi connectivity index (χ0v) is 16.1. The first kappa shape index (κ1) is 19.4. The van der Waals surface area contributed by atoms with Gasteiger partial charge in [-0.15, -0.1) is 0 Å². The highest BCUT2D eigenvalue weighted by Gasteiger charge is 2.17. The molecule has 0 spiro atoms. The number of nitrogens with zero attached hydrogens (tertiary/aromatic N) is 1. The van der Waals surface area contributed by atoms with Crippen LogP contribution in [0.25, 0.3) is 0 Å². The van der Waals surface area contributed by atoms with Gasteiger partial charge in [-0.05, 0) is 56.8 Å². The van der Waals surface area contributed by atoms with Gasteiger partial charge in [-0.25, -0.2) is 0 Å². The molecule has 1 saturated heterocycles. The molecule has 2 atom stereocenters. The Bertz CT molecular complexity index is 710. The van der Waals surface area contributed by atoms with E-state index in [1.165, 1.54) is 5.56 Å². The van der Waals surface area contributed by atoms with Crippen molar-refractivity contribution in [3.05, 3.63) is 65.7 Å². The van der Waals surface area contributed by atoms with Crippen LogP contribution in [0.2, 0.25) is 0 Å². The number of rotatable bonds is 8. The van der Waals surface area contributed by atoms with Crippen molar-refractivity contribution in [1.29, 1.82) is 0 Å². The minimum absolute atomic E-state index is 0.0801. The Morgan fingerprint density at radius 1 is 1.19 bits per heavy atom. The van der Waals surface area contributed by atoms with Crippen LogP contribution in [0.5, 0.6) is 5.75 Å². The fourth-order valence-corrected chi connectivity index (χ4v) is 3.23. The third-order valence-corrected chi connectivity index (χ3v) is 4.84. The Labute approximate surface area is 161 Å². The molecule has 0 aliphatic carbocycles. The van der Waals surface area contributed by atoms with E-state index in [9.17, 15) is 4.79 Å². The van der Waals surface area contributed by atoms with E-state index in [-0.39, 0.29) is 18.1 Å². The molecule has 5 heteroatoms. The van der Waals surface area contributed by atoms with E-state index in [1.54, 1.807) is 12.1 Å². The summed E-state index contributed by atoms with van der Waals surface area (Å²) in [6.07, 6.45) is 2.34. The first-order valence-electron chi connectivity index (χ1n) is 9.47. The maximum atomic E-state index is 12.5. The zero-order valence-electron chi connectivity index (χ0n) is 16.1. The molecular formula is C22H28N2O3. The molecule has 0 bridgehead atoms. The van der Waals surface area contributed by atoms with Crippen LogP contribution in [-0.4, -0.2) is 50.8 Å². The summed E-state index contributed by atoms with van der Waals surface area (Å²) in [5.74, 6) is 0.681. The van der Waals surface area contributed by atoms with Crippen LogP contribution in [0.15, 0.2) is 54.6 Å². The zero-order chi connectivity index (χ0) is 19.1. The van der Waals surface area contributed by atoms with Crippen molar-refractivity contribution in [2.45, 2.75) is 25.0 Å². The van der Waals surface area contributed by atoms with Gasteiger partial charge in [0.05, 0.1) is 12.1 Å². The normalized spacial score (nSPS) is 17.7. The van der Waals surface area contributed by atoms with Gasteiger partial charge in [-0.1, -0.05) is 30.3 Å². The molecule has 1 amide bonds. The average molecular weight is 368 g/mol. The summed E-state index contributed by atoms with van der Waals surface area (Å²) >= 11 is 0. The molecule has 2 aromatic carbocycles. The van der Waals surface area contributed by atoms with Crippen molar-refractivity contribution in [2.75, 3.05) is 33.9 Å². The van der Waals surface area contributed by atoms with E-state index >= 15 is 0 Å². The topological polar surface area (TPSA) is 50.8 Å². The fourth-order valence-electron chi connectivity index (χ4n) is 3.23. The Morgan fingerprint density at radius 3 is 2.56 bits per heavy atom. The second kappa shape index (κ2) is 9.53. The third kappa shape index (κ3) is 5.55. The summed E-state index contributed by atoms with van der Waals surface area (Å²) in [6, 6.07) is 17.6. The number of nitrogens with one attached hydrogen (secondary N) is 1. The minimum Gasteiger partial charge on any atom is -0.491 e. The summed E-state index contributed by atoms with van der Waals surface area (Å²) in [7, 11) is 4.04. The lowest BCUT2D eigenvalue weighted by Gasteiger charge is -2.25. The molecule has 1 aliphatic rings. The highest BCUT2D eigenvalue weighted by molar-refractivity contribution is 5.94. The van der Waals surface area contributed by atoms with Crippen molar-refractivity contribution in [3.8, 4) is 5.75 Å². The van der Waals surface area contributed by atoms with E-state index in [0.29, 0.717) is 18.7 Å². The van der Waals surface area contributed by atoms with Crippen LogP contribution in [-0.2, 0) is 4.74 Å². The smallest absolute Gasteiger partial charge is 0.251 e. The van der Waals surface area contributed by atoms with Crippen molar-refractivity contribution in [1.82, 2.24) is 10.2 Å². The molecule has 144 valence electrons. The lowest BCUT2D eigenvalue weighted by Crippen LogP contribution is -2.34. The van der Waals surface area contributed by atoms with Crippen molar-refractivity contribution in [3.63, 3.8) is 0 Å². The van der Waals surface area contributed by atoms with E-state index < -0.39 is 0 Å². The average Bonchev–Trinajstić information content (AvgIpc) is 3.21. The van der Waals surface area contributed by atoms with E-state index in [0.717, 1.165) is 25.2 Å². The minimum atomic E-state index is -0.0801. The van der Waals surface area contributed by atoms with Crippen molar-refractivity contribution >= 4 is 5.91 Å². The van der Waals surface area contributed by atoms with Gasteiger partial charge in [0.25, 0.3) is 5.91 Å². The summed E-state index contributed by atoms with van der Waals surface area (Å²) in [4.78, 5) is 14.6. The monoisotopic (exact) mass is 368 g/mol. The second-order valence-electron chi connectivity index (χ2n) is 7.07. The van der Waals surface area contributed by atoms with Gasteiger partial charge < -0.3 is 19.7 Å². The molecule has 0 saturated carbocycles. The van der Waals surface area contributed by atoms with Crippen molar-refractivity contribution in [2.24, 2.45) is 0 Å². The number of likely N-dealkylation sites (N-methyl/N-ethyl adjacent to an activating group) is 1. The van der Waals surface area contributed by atoms with Gasteiger partial charge in [0.1, 0.15) is 12.4 Å². The Hall–Kier alpha value is -2.37. The molecule has 1 heterocycles. The number of ether oxygens (including phenoxy) is 2. The summed E-state index contributed by atoms with van der Waals surface area (Å²) in [6.45, 7) is 1.93. The van der Waals surface area contributed by atoms with Crippen LogP contribution in [0.3, 0.4) is 0 Å². The van der Waals surface area contributed by atoms with Crippen LogP contribution in [0, 0.1) is 0 Å². The highest BCUT2D eigenvalue weighted by Crippen LogP contribution is 2.18. The van der Waals surface area contributed by atoms with Crippen molar-refractivity contribution < 1.29 is 14.3 Å². The third-order valence-electron chi connectivity index (χ3n) is 4.84. The quantitative estimate of drug-likeness (QED) is 0.777. The van der Waals surface area contributed by atoms with Crippen LogP contribution in [0.1, 0.15) is 34.8 Å². The predicted octanol–water partition coefficient (Wildman–Crippen LogP) is 3.28. The van der Waals surface area contributed by atoms with E-state index in [1.807, 2.05) is 44.4 Å². The largest absolute Gasteiger partial charge is 0.491 e. The lowest BCUT2D eigenvalue weighted by molar-refractivity contribution is 0.0679. The lowest BCUT2D eigenvalue weighted by atomic mass is 10.1. The maximum absolute atomic E-state index is 12.5. The van der Waals surface area contributed by atoms with Crippen LogP contribution >= 0.6 is 0 Å².